The van der Waals surface area contributed by atoms with E-state index in [9.17, 15) is 19.5 Å². The summed E-state index contributed by atoms with van der Waals surface area (Å²) in [5.74, 6) is -2.20. The lowest BCUT2D eigenvalue weighted by Gasteiger charge is -2.29. The van der Waals surface area contributed by atoms with Crippen LogP contribution in [-0.4, -0.2) is 64.5 Å². The van der Waals surface area contributed by atoms with E-state index < -0.39 is 29.3 Å². The Kier molecular flexibility index (Phi) is 5.51. The third-order valence-electron chi connectivity index (χ3n) is 3.68. The van der Waals surface area contributed by atoms with Crippen molar-refractivity contribution in [2.75, 3.05) is 25.2 Å². The van der Waals surface area contributed by atoms with Gasteiger partial charge in [0.05, 0.1) is 0 Å². The van der Waals surface area contributed by atoms with E-state index in [-0.39, 0.29) is 28.8 Å². The molecule has 0 spiro atoms. The fourth-order valence-electron chi connectivity index (χ4n) is 2.44. The van der Waals surface area contributed by atoms with Crippen LogP contribution in [0.1, 0.15) is 5.69 Å². The van der Waals surface area contributed by atoms with E-state index in [1.165, 1.54) is 24.3 Å². The van der Waals surface area contributed by atoms with E-state index >= 15 is 0 Å². The van der Waals surface area contributed by atoms with Gasteiger partial charge in [-0.1, -0.05) is 5.16 Å². The normalized spacial score (nSPS) is 20.4. The molecule has 1 aromatic heterocycles. The first kappa shape index (κ1) is 19.0. The molecular formula is C14H15N5O6S2. The summed E-state index contributed by atoms with van der Waals surface area (Å²) in [4.78, 5) is 44.6. The van der Waals surface area contributed by atoms with Crippen molar-refractivity contribution in [3.63, 3.8) is 0 Å². The van der Waals surface area contributed by atoms with Gasteiger partial charge in [0.15, 0.2) is 16.9 Å². The second-order valence-electron chi connectivity index (χ2n) is 5.41. The minimum absolute atomic E-state index is 0.162. The fraction of sp³-hybridized carbons (Fsp3) is 0.357. The van der Waals surface area contributed by atoms with Crippen molar-refractivity contribution in [2.24, 2.45) is 5.16 Å². The van der Waals surface area contributed by atoms with Gasteiger partial charge in [0.2, 0.25) is 0 Å². The number of rotatable bonds is 6. The number of carbonyl (C=O) groups is 3. The van der Waals surface area contributed by atoms with Crippen LogP contribution in [0.4, 0.5) is 5.13 Å². The van der Waals surface area contributed by atoms with Crippen molar-refractivity contribution >= 4 is 51.8 Å². The number of nitrogen functional groups attached to an aromatic ring is 1. The summed E-state index contributed by atoms with van der Waals surface area (Å²) in [5.41, 5.74) is 6.52. The number of oxime groups is 1. The number of nitrogens with two attached hydrogens (primary N) is 1. The SMILES string of the molecule is CON=C(C(=O)N[C@H](C(=O)O)[C@@H]1NC2=C(COC2=O)CS1)c1csc(N)n1. The molecule has 1 aromatic rings. The maximum absolute atomic E-state index is 12.6. The lowest BCUT2D eigenvalue weighted by Crippen LogP contribution is -2.55. The summed E-state index contributed by atoms with van der Waals surface area (Å²) in [6.07, 6.45) is 0. The van der Waals surface area contributed by atoms with Gasteiger partial charge in [-0.15, -0.1) is 23.1 Å². The molecule has 2 atom stereocenters. The van der Waals surface area contributed by atoms with Crippen molar-refractivity contribution in [3.05, 3.63) is 22.3 Å². The van der Waals surface area contributed by atoms with Crippen LogP contribution in [0.5, 0.6) is 0 Å². The largest absolute Gasteiger partial charge is 0.480 e. The van der Waals surface area contributed by atoms with Crippen molar-refractivity contribution in [3.8, 4) is 0 Å². The number of esters is 1. The number of amides is 1. The number of carboxylic acids is 1. The first-order valence-corrected chi connectivity index (χ1v) is 9.47. The second kappa shape index (κ2) is 7.84. The number of nitrogens with one attached hydrogen (secondary N) is 2. The molecule has 5 N–H and O–H groups in total. The number of nitrogens with zero attached hydrogens (tertiary/aromatic N) is 2. The predicted molar refractivity (Wildman–Crippen MR) is 97.0 cm³/mol. The van der Waals surface area contributed by atoms with Gasteiger partial charge in [-0.05, 0) is 0 Å². The van der Waals surface area contributed by atoms with Crippen molar-refractivity contribution < 1.29 is 29.1 Å². The Labute approximate surface area is 161 Å². The molecule has 0 unspecified atom stereocenters. The highest BCUT2D eigenvalue weighted by Crippen LogP contribution is 2.28. The number of thiazole rings is 1. The van der Waals surface area contributed by atoms with Crippen LogP contribution in [0.2, 0.25) is 0 Å². The molecule has 0 aromatic carbocycles. The smallest absolute Gasteiger partial charge is 0.354 e. The zero-order chi connectivity index (χ0) is 19.6. The molecule has 13 heteroatoms. The van der Waals surface area contributed by atoms with Gasteiger partial charge in [0.25, 0.3) is 5.91 Å². The molecule has 2 aliphatic rings. The van der Waals surface area contributed by atoms with Crippen LogP contribution < -0.4 is 16.4 Å². The summed E-state index contributed by atoms with van der Waals surface area (Å²) in [6.45, 7) is 0.181. The van der Waals surface area contributed by atoms with Crippen LogP contribution >= 0.6 is 23.1 Å². The molecule has 0 aliphatic carbocycles. The summed E-state index contributed by atoms with van der Waals surface area (Å²) in [5, 5.41) is 19.4. The molecule has 2 aliphatic heterocycles. The first-order chi connectivity index (χ1) is 12.9. The number of thioether (sulfide) groups is 1. The molecule has 0 bridgehead atoms. The van der Waals surface area contributed by atoms with Gasteiger partial charge in [-0.2, -0.15) is 0 Å². The summed E-state index contributed by atoms with van der Waals surface area (Å²) in [7, 11) is 1.25. The van der Waals surface area contributed by atoms with Crippen LogP contribution in [0, 0.1) is 0 Å². The summed E-state index contributed by atoms with van der Waals surface area (Å²) < 4.78 is 4.92. The predicted octanol–water partition coefficient (Wildman–Crippen LogP) is -0.881. The lowest BCUT2D eigenvalue weighted by atomic mass is 10.2. The highest BCUT2D eigenvalue weighted by Gasteiger charge is 2.39. The third kappa shape index (κ3) is 3.98. The minimum atomic E-state index is -1.34. The lowest BCUT2D eigenvalue weighted by molar-refractivity contribution is -0.141. The number of hydrogen-bond acceptors (Lipinski definition) is 11. The average molecular weight is 413 g/mol. The second-order valence-corrected chi connectivity index (χ2v) is 7.43. The first-order valence-electron chi connectivity index (χ1n) is 7.54. The van der Waals surface area contributed by atoms with E-state index in [1.54, 1.807) is 0 Å². The van der Waals surface area contributed by atoms with E-state index in [4.69, 9.17) is 10.5 Å². The van der Waals surface area contributed by atoms with E-state index in [0.29, 0.717) is 5.75 Å². The number of anilines is 1. The van der Waals surface area contributed by atoms with Gasteiger partial charge in [0.1, 0.15) is 30.5 Å². The molecule has 3 rings (SSSR count). The number of aliphatic carboxylic acids is 1. The van der Waals surface area contributed by atoms with E-state index in [1.807, 2.05) is 0 Å². The highest BCUT2D eigenvalue weighted by molar-refractivity contribution is 8.00. The molecule has 0 radical (unpaired) electrons. The Morgan fingerprint density at radius 3 is 3.00 bits per heavy atom. The van der Waals surface area contributed by atoms with Crippen LogP contribution in [0.15, 0.2) is 21.8 Å². The maximum atomic E-state index is 12.6. The zero-order valence-corrected chi connectivity index (χ0v) is 15.6. The Morgan fingerprint density at radius 1 is 1.59 bits per heavy atom. The summed E-state index contributed by atoms with van der Waals surface area (Å²) in [6, 6.07) is -1.34. The number of ether oxygens (including phenoxy) is 1. The van der Waals surface area contributed by atoms with Crippen molar-refractivity contribution in [1.82, 2.24) is 15.6 Å². The van der Waals surface area contributed by atoms with Gasteiger partial charge in [0, 0.05) is 16.7 Å². The molecule has 3 heterocycles. The molecule has 0 saturated carbocycles. The maximum Gasteiger partial charge on any atom is 0.354 e. The molecular weight excluding hydrogens is 398 g/mol. The molecule has 0 fully saturated rings. The summed E-state index contributed by atoms with van der Waals surface area (Å²) >= 11 is 2.34. The Balaban J connectivity index is 1.78. The standard InChI is InChI=1S/C14H15N5O6S2/c1-24-19-8(6-4-27-14(15)16-6)10(20)17-9(12(21)22)11-18-7-5(3-26-11)2-25-13(7)23/h4,9,11,18H,2-3H2,1H3,(H2,15,16)(H,17,20)(H,21,22)/t9-,11+/m0/s1. The number of hydrogen-bond donors (Lipinski definition) is 4. The zero-order valence-electron chi connectivity index (χ0n) is 13.9. The van der Waals surface area contributed by atoms with Crippen LogP contribution in [0.3, 0.4) is 0 Å². The number of carbonyl (C=O) groups excluding carboxylic acids is 2. The molecule has 144 valence electrons. The van der Waals surface area contributed by atoms with Gasteiger partial charge >= 0.3 is 11.9 Å². The van der Waals surface area contributed by atoms with E-state index in [0.717, 1.165) is 16.9 Å². The van der Waals surface area contributed by atoms with Crippen molar-refractivity contribution in [2.45, 2.75) is 11.4 Å². The van der Waals surface area contributed by atoms with Gasteiger partial charge < -0.3 is 31.0 Å². The number of aromatic nitrogens is 1. The number of cyclic esters (lactones) is 1. The molecule has 1 amide bonds. The van der Waals surface area contributed by atoms with Crippen LogP contribution in [-0.2, 0) is 24.0 Å². The fourth-order valence-corrected chi connectivity index (χ4v) is 4.17. The Morgan fingerprint density at radius 2 is 2.37 bits per heavy atom. The van der Waals surface area contributed by atoms with Gasteiger partial charge in [-0.3, -0.25) is 4.79 Å². The Hall–Kier alpha value is -2.80. The average Bonchev–Trinajstić information content (AvgIpc) is 3.23. The molecule has 11 nitrogen and oxygen atoms in total. The third-order valence-corrected chi connectivity index (χ3v) is 5.61. The number of carboxylic acid groups (broad SMARTS) is 1. The quantitative estimate of drug-likeness (QED) is 0.261. The minimum Gasteiger partial charge on any atom is -0.480 e. The highest BCUT2D eigenvalue weighted by atomic mass is 32.2. The monoisotopic (exact) mass is 413 g/mol. The molecule has 27 heavy (non-hydrogen) atoms. The Bertz CT molecular complexity index is 851. The van der Waals surface area contributed by atoms with Gasteiger partial charge in [-0.25, -0.2) is 14.6 Å². The van der Waals surface area contributed by atoms with Crippen LogP contribution in [0.25, 0.3) is 0 Å². The topological polar surface area (TPSA) is 165 Å². The van der Waals surface area contributed by atoms with Crippen molar-refractivity contribution in [1.29, 1.82) is 0 Å². The molecule has 0 saturated heterocycles. The van der Waals surface area contributed by atoms with E-state index in [2.05, 4.69) is 25.6 Å².